The van der Waals surface area contributed by atoms with Gasteiger partial charge in [0, 0.05) is 12.1 Å². The van der Waals surface area contributed by atoms with Crippen LogP contribution in [0.3, 0.4) is 0 Å². The first-order valence-electron chi connectivity index (χ1n) is 11.5. The van der Waals surface area contributed by atoms with Gasteiger partial charge in [0.2, 0.25) is 0 Å². The van der Waals surface area contributed by atoms with Crippen LogP contribution in [0.15, 0.2) is 53.5 Å². The number of fused-ring (bicyclic) bond motifs is 1. The Morgan fingerprint density at radius 1 is 1.11 bits per heavy atom. The fourth-order valence-corrected chi connectivity index (χ4v) is 4.59. The highest BCUT2D eigenvalue weighted by Gasteiger charge is 2.18. The number of rotatable bonds is 6. The van der Waals surface area contributed by atoms with Crippen molar-refractivity contribution in [3.8, 4) is 5.75 Å². The van der Waals surface area contributed by atoms with E-state index in [0.717, 1.165) is 32.0 Å². The molecule has 0 bridgehead atoms. The summed E-state index contributed by atoms with van der Waals surface area (Å²) in [5.74, 6) is -0.724. The summed E-state index contributed by atoms with van der Waals surface area (Å²) in [5, 5.41) is 13.3. The normalized spacial score (nSPS) is 14.3. The Kier molecular flexibility index (Phi) is 6.41. The summed E-state index contributed by atoms with van der Waals surface area (Å²) in [5.41, 5.74) is 2.92. The Balaban J connectivity index is 1.54. The SMILES string of the molecule is COc1cc(C2CCNCC2)ccc1Nc1cc(Cc2cccc(F)c2F)nc2cn[nH]c(=O)c12. The second kappa shape index (κ2) is 9.79. The van der Waals surface area contributed by atoms with Crippen LogP contribution in [0.2, 0.25) is 0 Å². The number of benzene rings is 2. The molecule has 0 atom stereocenters. The minimum atomic E-state index is -0.918. The minimum absolute atomic E-state index is 0.0484. The third kappa shape index (κ3) is 4.72. The number of nitrogens with zero attached hydrogens (tertiary/aromatic N) is 2. The summed E-state index contributed by atoms with van der Waals surface area (Å²) in [7, 11) is 1.60. The third-order valence-electron chi connectivity index (χ3n) is 6.39. The van der Waals surface area contributed by atoms with E-state index in [-0.39, 0.29) is 12.0 Å². The van der Waals surface area contributed by atoms with Crippen molar-refractivity contribution in [2.75, 3.05) is 25.5 Å². The zero-order valence-corrected chi connectivity index (χ0v) is 19.2. The Bertz CT molecular complexity index is 1430. The fraction of sp³-hybridized carbons (Fsp3) is 0.269. The molecule has 1 fully saturated rings. The molecule has 1 aliphatic heterocycles. The quantitative estimate of drug-likeness (QED) is 0.381. The first-order chi connectivity index (χ1) is 17.0. The van der Waals surface area contributed by atoms with E-state index in [1.165, 1.54) is 23.9 Å². The van der Waals surface area contributed by atoms with Crippen LogP contribution in [0.25, 0.3) is 10.9 Å². The van der Waals surface area contributed by atoms with Gasteiger partial charge in [-0.1, -0.05) is 18.2 Å². The third-order valence-corrected chi connectivity index (χ3v) is 6.39. The van der Waals surface area contributed by atoms with Gasteiger partial charge in [0.25, 0.3) is 5.56 Å². The van der Waals surface area contributed by atoms with Gasteiger partial charge in [0.1, 0.15) is 5.75 Å². The van der Waals surface area contributed by atoms with Crippen LogP contribution in [0.1, 0.15) is 35.6 Å². The smallest absolute Gasteiger partial charge is 0.275 e. The molecule has 180 valence electrons. The monoisotopic (exact) mass is 477 g/mol. The number of nitrogens with one attached hydrogen (secondary N) is 3. The van der Waals surface area contributed by atoms with Crippen LogP contribution in [0.5, 0.6) is 5.75 Å². The number of aromatic amines is 1. The van der Waals surface area contributed by atoms with Crippen molar-refractivity contribution in [1.29, 1.82) is 0 Å². The molecule has 7 nitrogen and oxygen atoms in total. The van der Waals surface area contributed by atoms with Gasteiger partial charge in [-0.3, -0.25) is 9.78 Å². The largest absolute Gasteiger partial charge is 0.495 e. The van der Waals surface area contributed by atoms with Gasteiger partial charge in [0.15, 0.2) is 11.6 Å². The lowest BCUT2D eigenvalue weighted by atomic mass is 9.90. The number of aromatic nitrogens is 3. The molecule has 35 heavy (non-hydrogen) atoms. The Labute approximate surface area is 200 Å². The molecule has 0 aliphatic carbocycles. The average Bonchev–Trinajstić information content (AvgIpc) is 2.87. The van der Waals surface area contributed by atoms with Crippen molar-refractivity contribution in [3.05, 3.63) is 87.5 Å². The number of hydrogen-bond acceptors (Lipinski definition) is 6. The van der Waals surface area contributed by atoms with E-state index in [0.29, 0.717) is 39.6 Å². The first kappa shape index (κ1) is 22.9. The first-order valence-corrected chi connectivity index (χ1v) is 11.5. The lowest BCUT2D eigenvalue weighted by molar-refractivity contribution is 0.413. The number of piperidine rings is 1. The van der Waals surface area contributed by atoms with Crippen LogP contribution in [-0.2, 0) is 6.42 Å². The lowest BCUT2D eigenvalue weighted by Crippen LogP contribution is -2.26. The zero-order valence-electron chi connectivity index (χ0n) is 19.2. The van der Waals surface area contributed by atoms with Gasteiger partial charge in [-0.05, 0) is 67.2 Å². The molecular formula is C26H25F2N5O2. The Morgan fingerprint density at radius 2 is 1.94 bits per heavy atom. The van der Waals surface area contributed by atoms with E-state index in [9.17, 15) is 13.6 Å². The van der Waals surface area contributed by atoms with Gasteiger partial charge in [-0.25, -0.2) is 13.9 Å². The summed E-state index contributed by atoms with van der Waals surface area (Å²) < 4.78 is 33.7. The number of anilines is 2. The topological polar surface area (TPSA) is 91.9 Å². The molecule has 5 rings (SSSR count). The van der Waals surface area contributed by atoms with Crippen LogP contribution < -0.4 is 20.9 Å². The summed E-state index contributed by atoms with van der Waals surface area (Å²) in [4.78, 5) is 17.1. The van der Waals surface area contributed by atoms with E-state index in [4.69, 9.17) is 4.74 Å². The second-order valence-corrected chi connectivity index (χ2v) is 8.62. The second-order valence-electron chi connectivity index (χ2n) is 8.62. The predicted octanol–water partition coefficient (Wildman–Crippen LogP) is 4.41. The molecule has 2 aromatic heterocycles. The van der Waals surface area contributed by atoms with Crippen molar-refractivity contribution in [1.82, 2.24) is 20.5 Å². The molecule has 9 heteroatoms. The standard InChI is InChI=1S/C26H25F2N5O2/c1-35-23-12-16(15-7-9-29-10-8-15)5-6-20(23)32-21-13-18(11-17-3-2-4-19(27)25(17)28)31-22-14-30-33-26(34)24(21)22/h2-6,12-15,29H,7-11H2,1H3,(H,31,32)(H,33,34). The van der Waals surface area contributed by atoms with Crippen molar-refractivity contribution >= 4 is 22.3 Å². The summed E-state index contributed by atoms with van der Waals surface area (Å²) in [6.07, 6.45) is 3.61. The maximum Gasteiger partial charge on any atom is 0.275 e. The van der Waals surface area contributed by atoms with Crippen molar-refractivity contribution < 1.29 is 13.5 Å². The van der Waals surface area contributed by atoms with Gasteiger partial charge in [0.05, 0.1) is 35.6 Å². The van der Waals surface area contributed by atoms with Gasteiger partial charge < -0.3 is 15.4 Å². The predicted molar refractivity (Wildman–Crippen MR) is 130 cm³/mol. The van der Waals surface area contributed by atoms with Crippen LogP contribution in [0, 0.1) is 11.6 Å². The molecular weight excluding hydrogens is 452 g/mol. The van der Waals surface area contributed by atoms with E-state index >= 15 is 0 Å². The molecule has 0 radical (unpaired) electrons. The summed E-state index contributed by atoms with van der Waals surface area (Å²) in [6.45, 7) is 1.98. The maximum atomic E-state index is 14.3. The Hall–Kier alpha value is -3.85. The summed E-state index contributed by atoms with van der Waals surface area (Å²) in [6, 6.07) is 11.7. The molecule has 3 heterocycles. The Morgan fingerprint density at radius 3 is 2.74 bits per heavy atom. The highest BCUT2D eigenvalue weighted by atomic mass is 19.2. The molecule has 0 unspecified atom stereocenters. The molecule has 0 spiro atoms. The number of halogens is 2. The molecule has 3 N–H and O–H groups in total. The molecule has 1 saturated heterocycles. The zero-order chi connectivity index (χ0) is 24.4. The minimum Gasteiger partial charge on any atom is -0.495 e. The fourth-order valence-electron chi connectivity index (χ4n) is 4.59. The van der Waals surface area contributed by atoms with Crippen molar-refractivity contribution in [2.24, 2.45) is 0 Å². The van der Waals surface area contributed by atoms with Gasteiger partial charge >= 0.3 is 0 Å². The number of H-pyrrole nitrogens is 1. The van der Waals surface area contributed by atoms with Crippen molar-refractivity contribution in [3.63, 3.8) is 0 Å². The van der Waals surface area contributed by atoms with Gasteiger partial charge in [-0.15, -0.1) is 0 Å². The van der Waals surface area contributed by atoms with E-state index < -0.39 is 17.2 Å². The van der Waals surface area contributed by atoms with Crippen LogP contribution in [-0.4, -0.2) is 35.4 Å². The van der Waals surface area contributed by atoms with Crippen LogP contribution in [0.4, 0.5) is 20.2 Å². The average molecular weight is 478 g/mol. The lowest BCUT2D eigenvalue weighted by Gasteiger charge is -2.24. The molecule has 4 aromatic rings. The molecule has 0 amide bonds. The number of hydrogen-bond donors (Lipinski definition) is 3. The molecule has 2 aromatic carbocycles. The number of pyridine rings is 1. The molecule has 1 aliphatic rings. The number of ether oxygens (including phenoxy) is 1. The highest BCUT2D eigenvalue weighted by Crippen LogP contribution is 2.35. The summed E-state index contributed by atoms with van der Waals surface area (Å²) >= 11 is 0. The van der Waals surface area contributed by atoms with Gasteiger partial charge in [-0.2, -0.15) is 5.10 Å². The number of methoxy groups -OCH3 is 1. The maximum absolute atomic E-state index is 14.3. The van der Waals surface area contributed by atoms with E-state index in [1.807, 2.05) is 12.1 Å². The van der Waals surface area contributed by atoms with Crippen LogP contribution >= 0.6 is 0 Å². The highest BCUT2D eigenvalue weighted by molar-refractivity contribution is 5.92. The molecule has 0 saturated carbocycles. The van der Waals surface area contributed by atoms with Crippen molar-refractivity contribution in [2.45, 2.75) is 25.2 Å². The van der Waals surface area contributed by atoms with E-state index in [1.54, 1.807) is 13.2 Å². The van der Waals surface area contributed by atoms with E-state index in [2.05, 4.69) is 31.9 Å².